The average Bonchev–Trinajstić information content (AvgIpc) is 2.84. The smallest absolute Gasteiger partial charge is 0.169 e. The van der Waals surface area contributed by atoms with E-state index in [-0.39, 0.29) is 22.1 Å². The molecule has 5 N–H and O–H groups in total. The molecule has 0 bridgehead atoms. The minimum Gasteiger partial charge on any atom is -0.397 e. The van der Waals surface area contributed by atoms with Crippen LogP contribution in [-0.4, -0.2) is 19.8 Å². The van der Waals surface area contributed by atoms with Crippen molar-refractivity contribution in [3.8, 4) is 0 Å². The molecule has 1 atom stereocenters. The molecule has 18 heavy (non-hydrogen) atoms. The highest BCUT2D eigenvalue weighted by Crippen LogP contribution is 2.33. The SMILES string of the molecule is Nc1cc(N)c(NCCC2CCOC2)c(F)c1Cl. The molecule has 0 aromatic heterocycles. The normalized spacial score (nSPS) is 19.1. The topological polar surface area (TPSA) is 73.3 Å². The molecule has 1 aliphatic heterocycles. The standard InChI is InChI=1S/C12H17ClFN3O/c13-10-8(15)5-9(16)12(11(10)14)17-3-1-7-2-4-18-6-7/h5,7,17H,1-4,6,15-16H2. The van der Waals surface area contributed by atoms with Gasteiger partial charge in [0.05, 0.1) is 17.1 Å². The Morgan fingerprint density at radius 3 is 2.89 bits per heavy atom. The average molecular weight is 274 g/mol. The number of ether oxygens (including phenoxy) is 1. The lowest BCUT2D eigenvalue weighted by molar-refractivity contribution is 0.185. The number of hydrogen-bond donors (Lipinski definition) is 3. The highest BCUT2D eigenvalue weighted by Gasteiger charge is 2.17. The molecule has 1 aromatic rings. The van der Waals surface area contributed by atoms with Crippen LogP contribution in [0, 0.1) is 11.7 Å². The number of nitrogens with two attached hydrogens (primary N) is 2. The van der Waals surface area contributed by atoms with E-state index in [1.165, 1.54) is 6.07 Å². The molecule has 1 fully saturated rings. The van der Waals surface area contributed by atoms with Crippen LogP contribution in [0.3, 0.4) is 0 Å². The van der Waals surface area contributed by atoms with Gasteiger partial charge in [-0.15, -0.1) is 0 Å². The second-order valence-corrected chi connectivity index (χ2v) is 4.88. The van der Waals surface area contributed by atoms with E-state index in [0.717, 1.165) is 26.1 Å². The first kappa shape index (κ1) is 13.2. The Bertz CT molecular complexity index is 436. The maximum atomic E-state index is 13.8. The van der Waals surface area contributed by atoms with Crippen LogP contribution in [-0.2, 0) is 4.74 Å². The number of nitrogens with one attached hydrogen (secondary N) is 1. The molecular weight excluding hydrogens is 257 g/mol. The molecule has 0 radical (unpaired) electrons. The van der Waals surface area contributed by atoms with Gasteiger partial charge in [-0.3, -0.25) is 0 Å². The quantitative estimate of drug-likeness (QED) is 0.737. The fourth-order valence-electron chi connectivity index (χ4n) is 2.06. The number of anilines is 3. The van der Waals surface area contributed by atoms with Crippen molar-refractivity contribution < 1.29 is 9.13 Å². The molecule has 2 rings (SSSR count). The lowest BCUT2D eigenvalue weighted by Gasteiger charge is -2.14. The van der Waals surface area contributed by atoms with E-state index in [4.69, 9.17) is 27.8 Å². The largest absolute Gasteiger partial charge is 0.397 e. The molecule has 1 aromatic carbocycles. The first-order valence-electron chi connectivity index (χ1n) is 5.94. The van der Waals surface area contributed by atoms with Gasteiger partial charge in [-0.25, -0.2) is 4.39 Å². The van der Waals surface area contributed by atoms with Crippen LogP contribution in [0.4, 0.5) is 21.5 Å². The Labute approximate surface area is 110 Å². The molecule has 1 unspecified atom stereocenters. The summed E-state index contributed by atoms with van der Waals surface area (Å²) in [6, 6.07) is 1.46. The summed E-state index contributed by atoms with van der Waals surface area (Å²) in [5.74, 6) is -0.0529. The van der Waals surface area contributed by atoms with Crippen molar-refractivity contribution in [2.45, 2.75) is 12.8 Å². The number of rotatable bonds is 4. The van der Waals surface area contributed by atoms with Gasteiger partial charge in [-0.2, -0.15) is 0 Å². The van der Waals surface area contributed by atoms with E-state index in [1.807, 2.05) is 0 Å². The molecule has 1 saturated heterocycles. The summed E-state index contributed by atoms with van der Waals surface area (Å²) < 4.78 is 19.1. The zero-order valence-electron chi connectivity index (χ0n) is 10.0. The Morgan fingerprint density at radius 1 is 1.44 bits per heavy atom. The highest BCUT2D eigenvalue weighted by molar-refractivity contribution is 6.33. The van der Waals surface area contributed by atoms with E-state index in [9.17, 15) is 4.39 Å². The second-order valence-electron chi connectivity index (χ2n) is 4.50. The molecule has 0 saturated carbocycles. The van der Waals surface area contributed by atoms with Gasteiger partial charge in [0.2, 0.25) is 0 Å². The van der Waals surface area contributed by atoms with E-state index in [0.29, 0.717) is 12.5 Å². The van der Waals surface area contributed by atoms with Gasteiger partial charge in [0.15, 0.2) is 5.82 Å². The summed E-state index contributed by atoms with van der Waals surface area (Å²) in [5.41, 5.74) is 11.9. The maximum absolute atomic E-state index is 13.8. The Balaban J connectivity index is 1.98. The first-order chi connectivity index (χ1) is 8.59. The molecule has 0 spiro atoms. The van der Waals surface area contributed by atoms with Gasteiger partial charge in [0, 0.05) is 19.8 Å². The summed E-state index contributed by atoms with van der Waals surface area (Å²) in [5, 5.41) is 2.89. The second kappa shape index (κ2) is 5.63. The van der Waals surface area contributed by atoms with Gasteiger partial charge in [0.1, 0.15) is 5.02 Å². The van der Waals surface area contributed by atoms with Crippen LogP contribution in [0.25, 0.3) is 0 Å². The molecule has 1 aliphatic rings. The summed E-state index contributed by atoms with van der Waals surface area (Å²) in [7, 11) is 0. The molecular formula is C12H17ClFN3O. The maximum Gasteiger partial charge on any atom is 0.169 e. The fourth-order valence-corrected chi connectivity index (χ4v) is 2.21. The number of benzene rings is 1. The zero-order valence-corrected chi connectivity index (χ0v) is 10.8. The van der Waals surface area contributed by atoms with Crippen molar-refractivity contribution >= 4 is 28.7 Å². The highest BCUT2D eigenvalue weighted by atomic mass is 35.5. The van der Waals surface area contributed by atoms with E-state index in [2.05, 4.69) is 5.32 Å². The van der Waals surface area contributed by atoms with Crippen molar-refractivity contribution in [2.24, 2.45) is 5.92 Å². The molecule has 0 amide bonds. The van der Waals surface area contributed by atoms with E-state index in [1.54, 1.807) is 0 Å². The van der Waals surface area contributed by atoms with Crippen LogP contribution < -0.4 is 16.8 Å². The van der Waals surface area contributed by atoms with Gasteiger partial charge in [0.25, 0.3) is 0 Å². The minimum absolute atomic E-state index is 0.0871. The van der Waals surface area contributed by atoms with Crippen LogP contribution in [0.15, 0.2) is 6.07 Å². The lowest BCUT2D eigenvalue weighted by atomic mass is 10.1. The fraction of sp³-hybridized carbons (Fsp3) is 0.500. The monoisotopic (exact) mass is 273 g/mol. The van der Waals surface area contributed by atoms with Gasteiger partial charge in [-0.05, 0) is 24.8 Å². The van der Waals surface area contributed by atoms with Crippen LogP contribution in [0.2, 0.25) is 5.02 Å². The van der Waals surface area contributed by atoms with Gasteiger partial charge >= 0.3 is 0 Å². The molecule has 0 aliphatic carbocycles. The van der Waals surface area contributed by atoms with Gasteiger partial charge in [-0.1, -0.05) is 11.6 Å². The summed E-state index contributed by atoms with van der Waals surface area (Å²) >= 11 is 5.75. The third-order valence-corrected chi connectivity index (χ3v) is 3.53. The predicted octanol–water partition coefficient (Wildman–Crippen LogP) is 2.48. The number of halogens is 2. The molecule has 1 heterocycles. The van der Waals surface area contributed by atoms with Crippen LogP contribution in [0.5, 0.6) is 0 Å². The third-order valence-electron chi connectivity index (χ3n) is 3.14. The summed E-state index contributed by atoms with van der Waals surface area (Å²) in [4.78, 5) is 0. The molecule has 100 valence electrons. The van der Waals surface area contributed by atoms with Crippen molar-refractivity contribution in [3.63, 3.8) is 0 Å². The summed E-state index contributed by atoms with van der Waals surface area (Å²) in [6.45, 7) is 2.23. The van der Waals surface area contributed by atoms with Gasteiger partial charge < -0.3 is 21.5 Å². The van der Waals surface area contributed by atoms with E-state index >= 15 is 0 Å². The Hall–Kier alpha value is -1.20. The zero-order chi connectivity index (χ0) is 13.1. The Kier molecular flexibility index (Phi) is 4.14. The molecule has 6 heteroatoms. The third kappa shape index (κ3) is 2.79. The summed E-state index contributed by atoms with van der Waals surface area (Å²) in [6.07, 6.45) is 1.98. The van der Waals surface area contributed by atoms with Crippen LogP contribution in [0.1, 0.15) is 12.8 Å². The van der Waals surface area contributed by atoms with Crippen LogP contribution >= 0.6 is 11.6 Å². The molecule has 4 nitrogen and oxygen atoms in total. The number of hydrogen-bond acceptors (Lipinski definition) is 4. The van der Waals surface area contributed by atoms with Crippen molar-refractivity contribution in [2.75, 3.05) is 36.5 Å². The minimum atomic E-state index is -0.586. The number of nitrogen functional groups attached to an aromatic ring is 2. The first-order valence-corrected chi connectivity index (χ1v) is 6.32. The predicted molar refractivity (Wildman–Crippen MR) is 72.3 cm³/mol. The van der Waals surface area contributed by atoms with Crippen molar-refractivity contribution in [1.29, 1.82) is 0 Å². The van der Waals surface area contributed by atoms with Crippen molar-refractivity contribution in [1.82, 2.24) is 0 Å². The van der Waals surface area contributed by atoms with Crippen molar-refractivity contribution in [3.05, 3.63) is 16.9 Å². The lowest BCUT2D eigenvalue weighted by Crippen LogP contribution is -2.12. The van der Waals surface area contributed by atoms with E-state index < -0.39 is 5.82 Å². The Morgan fingerprint density at radius 2 is 2.22 bits per heavy atom.